The number of nitrogens with zero attached hydrogens (tertiary/aromatic N) is 2. The number of fused-ring (bicyclic) bond motifs is 5. The van der Waals surface area contributed by atoms with Crippen LogP contribution in [0.4, 0.5) is 10.1 Å². The first-order chi connectivity index (χ1) is 14.1. The summed E-state index contributed by atoms with van der Waals surface area (Å²) >= 11 is 1.46. The fraction of sp³-hybridized carbons (Fsp3) is 0.136. The van der Waals surface area contributed by atoms with Crippen molar-refractivity contribution in [3.63, 3.8) is 0 Å². The van der Waals surface area contributed by atoms with E-state index in [1.54, 1.807) is 18.3 Å². The van der Waals surface area contributed by atoms with Gasteiger partial charge in [-0.3, -0.25) is 9.78 Å². The lowest BCUT2D eigenvalue weighted by Gasteiger charge is -2.10. The lowest BCUT2D eigenvalue weighted by molar-refractivity contribution is 0.0949. The van der Waals surface area contributed by atoms with E-state index in [1.807, 2.05) is 25.1 Å². The Bertz CT molecular complexity index is 1310. The summed E-state index contributed by atoms with van der Waals surface area (Å²) in [4.78, 5) is 21.9. The molecular weight excluding hydrogens is 387 g/mol. The van der Waals surface area contributed by atoms with Gasteiger partial charge in [-0.25, -0.2) is 9.37 Å². The van der Waals surface area contributed by atoms with E-state index in [9.17, 15) is 9.18 Å². The maximum absolute atomic E-state index is 14.7. The molecule has 3 aromatic heterocycles. The van der Waals surface area contributed by atoms with Crippen molar-refractivity contribution < 1.29 is 9.18 Å². The molecule has 144 valence electrons. The Labute approximate surface area is 170 Å². The minimum absolute atomic E-state index is 0.0468. The van der Waals surface area contributed by atoms with Crippen LogP contribution in [0.2, 0.25) is 0 Å². The Balaban J connectivity index is 1.72. The molecule has 4 heterocycles. The minimum Gasteiger partial charge on any atom is -0.381 e. The zero-order valence-electron chi connectivity index (χ0n) is 15.6. The van der Waals surface area contributed by atoms with Gasteiger partial charge in [-0.15, -0.1) is 11.3 Å². The van der Waals surface area contributed by atoms with Crippen molar-refractivity contribution in [2.75, 3.05) is 11.9 Å². The summed E-state index contributed by atoms with van der Waals surface area (Å²) in [5.74, 6) is -0.501. The van der Waals surface area contributed by atoms with E-state index in [2.05, 4.69) is 22.2 Å². The number of benzene rings is 1. The number of nitrogens with one attached hydrogen (secondary N) is 2. The second kappa shape index (κ2) is 6.63. The average molecular weight is 404 g/mol. The molecule has 2 N–H and O–H groups in total. The standard InChI is InChI=1S/C22H17FN4OS/c1-3-14-19(23)13(8-9-24-14)16-5-4-12-15(27-16)6-7-17-18(12)20-21(29-17)22(28)26-11(2)10-25-20/h3-9,11,25H,1,10H2,2H3,(H,26,28)/t11-/m1/s1. The fourth-order valence-corrected chi connectivity index (χ4v) is 4.77. The Morgan fingerprint density at radius 2 is 2.14 bits per heavy atom. The summed E-state index contributed by atoms with van der Waals surface area (Å²) in [6.07, 6.45) is 2.94. The first-order valence-electron chi connectivity index (χ1n) is 9.25. The van der Waals surface area contributed by atoms with Crippen molar-refractivity contribution in [3.8, 4) is 11.3 Å². The minimum atomic E-state index is -0.438. The summed E-state index contributed by atoms with van der Waals surface area (Å²) < 4.78 is 15.7. The second-order valence-corrected chi connectivity index (χ2v) is 8.08. The highest BCUT2D eigenvalue weighted by Crippen LogP contribution is 2.41. The topological polar surface area (TPSA) is 66.9 Å². The van der Waals surface area contributed by atoms with Crippen molar-refractivity contribution in [1.29, 1.82) is 0 Å². The molecule has 1 amide bonds. The van der Waals surface area contributed by atoms with E-state index in [1.165, 1.54) is 17.4 Å². The number of carbonyl (C=O) groups excluding carboxylic acids is 1. The van der Waals surface area contributed by atoms with Crippen molar-refractivity contribution in [2.45, 2.75) is 13.0 Å². The van der Waals surface area contributed by atoms with Crippen molar-refractivity contribution >= 4 is 50.0 Å². The molecule has 0 aliphatic carbocycles. The highest BCUT2D eigenvalue weighted by molar-refractivity contribution is 7.21. The number of amides is 1. The van der Waals surface area contributed by atoms with E-state index >= 15 is 0 Å². The molecule has 1 atom stereocenters. The van der Waals surface area contributed by atoms with Gasteiger partial charge in [-0.1, -0.05) is 6.58 Å². The maximum Gasteiger partial charge on any atom is 0.263 e. The van der Waals surface area contributed by atoms with Gasteiger partial charge >= 0.3 is 0 Å². The zero-order valence-corrected chi connectivity index (χ0v) is 16.4. The third kappa shape index (κ3) is 2.77. The molecule has 1 aliphatic rings. The predicted octanol–water partition coefficient (Wildman–Crippen LogP) is 4.84. The normalized spacial score (nSPS) is 16.2. The van der Waals surface area contributed by atoms with Gasteiger partial charge in [0.25, 0.3) is 5.91 Å². The molecule has 1 aliphatic heterocycles. The third-order valence-corrected chi connectivity index (χ3v) is 6.23. The smallest absolute Gasteiger partial charge is 0.263 e. The molecule has 0 spiro atoms. The van der Waals surface area contributed by atoms with Crippen LogP contribution in [-0.4, -0.2) is 28.5 Å². The van der Waals surface area contributed by atoms with Gasteiger partial charge in [0.15, 0.2) is 5.82 Å². The number of rotatable bonds is 2. The second-order valence-electron chi connectivity index (χ2n) is 7.03. The van der Waals surface area contributed by atoms with Gasteiger partial charge in [-0.05, 0) is 43.3 Å². The molecule has 0 saturated heterocycles. The molecule has 4 aromatic rings. The quantitative estimate of drug-likeness (QED) is 0.502. The first kappa shape index (κ1) is 17.8. The van der Waals surface area contributed by atoms with Gasteiger partial charge < -0.3 is 10.6 Å². The fourth-order valence-electron chi connectivity index (χ4n) is 3.68. The van der Waals surface area contributed by atoms with Crippen LogP contribution in [0.15, 0.2) is 43.1 Å². The summed E-state index contributed by atoms with van der Waals surface area (Å²) in [6.45, 7) is 6.22. The van der Waals surface area contributed by atoms with Gasteiger partial charge in [0, 0.05) is 39.8 Å². The summed E-state index contributed by atoms with van der Waals surface area (Å²) in [7, 11) is 0. The molecule has 5 nitrogen and oxygen atoms in total. The van der Waals surface area contributed by atoms with E-state index < -0.39 is 5.82 Å². The number of hydrogen-bond acceptors (Lipinski definition) is 5. The van der Waals surface area contributed by atoms with E-state index in [0.29, 0.717) is 22.7 Å². The first-order valence-corrected chi connectivity index (χ1v) is 10.1. The summed E-state index contributed by atoms with van der Waals surface area (Å²) in [6, 6.07) is 9.27. The molecule has 0 saturated carbocycles. The molecular formula is C22H17FN4OS. The largest absolute Gasteiger partial charge is 0.381 e. The van der Waals surface area contributed by atoms with Crippen LogP contribution < -0.4 is 10.6 Å². The number of carbonyl (C=O) groups is 1. The van der Waals surface area contributed by atoms with Gasteiger partial charge in [-0.2, -0.15) is 0 Å². The molecule has 0 unspecified atom stereocenters. The Kier molecular flexibility index (Phi) is 4.06. The van der Waals surface area contributed by atoms with Crippen LogP contribution >= 0.6 is 11.3 Å². The average Bonchev–Trinajstić information content (AvgIpc) is 3.04. The van der Waals surface area contributed by atoms with Crippen LogP contribution in [0.25, 0.3) is 38.3 Å². The molecule has 0 bridgehead atoms. The van der Waals surface area contributed by atoms with Crippen LogP contribution in [0, 0.1) is 5.82 Å². The number of thiophene rings is 1. The molecule has 0 radical (unpaired) electrons. The monoisotopic (exact) mass is 404 g/mol. The van der Waals surface area contributed by atoms with Gasteiger partial charge in [0.05, 0.1) is 22.6 Å². The molecule has 29 heavy (non-hydrogen) atoms. The number of hydrogen-bond donors (Lipinski definition) is 2. The number of pyridine rings is 2. The number of anilines is 1. The Morgan fingerprint density at radius 3 is 2.97 bits per heavy atom. The van der Waals surface area contributed by atoms with E-state index in [-0.39, 0.29) is 17.6 Å². The van der Waals surface area contributed by atoms with Crippen molar-refractivity contribution in [2.24, 2.45) is 0 Å². The third-order valence-electron chi connectivity index (χ3n) is 5.08. The van der Waals surface area contributed by atoms with E-state index in [0.717, 1.165) is 26.7 Å². The highest BCUT2D eigenvalue weighted by atomic mass is 32.1. The van der Waals surface area contributed by atoms with Gasteiger partial charge in [0.2, 0.25) is 0 Å². The lowest BCUT2D eigenvalue weighted by atomic mass is 10.1. The van der Waals surface area contributed by atoms with Crippen molar-refractivity contribution in [3.05, 3.63) is 59.5 Å². The number of halogens is 1. The van der Waals surface area contributed by atoms with Gasteiger partial charge in [0.1, 0.15) is 4.88 Å². The summed E-state index contributed by atoms with van der Waals surface area (Å²) in [5, 5.41) is 8.31. The van der Waals surface area contributed by atoms with Crippen LogP contribution in [0.5, 0.6) is 0 Å². The van der Waals surface area contributed by atoms with Crippen LogP contribution in [0.3, 0.4) is 0 Å². The Hall–Kier alpha value is -3.32. The number of aromatic nitrogens is 2. The lowest BCUT2D eigenvalue weighted by Crippen LogP contribution is -2.34. The maximum atomic E-state index is 14.7. The van der Waals surface area contributed by atoms with Crippen LogP contribution in [-0.2, 0) is 0 Å². The highest BCUT2D eigenvalue weighted by Gasteiger charge is 2.24. The van der Waals surface area contributed by atoms with Crippen molar-refractivity contribution in [1.82, 2.24) is 15.3 Å². The molecule has 0 fully saturated rings. The SMILES string of the molecule is C=Cc1nccc(-c2ccc3c(ccc4sc5c(c43)NC[C@@H](C)NC5=O)n2)c1F. The zero-order chi connectivity index (χ0) is 20.1. The Morgan fingerprint density at radius 1 is 1.28 bits per heavy atom. The summed E-state index contributed by atoms with van der Waals surface area (Å²) in [5.41, 5.74) is 2.70. The molecule has 5 rings (SSSR count). The van der Waals surface area contributed by atoms with Crippen LogP contribution in [0.1, 0.15) is 22.3 Å². The molecule has 7 heteroatoms. The van der Waals surface area contributed by atoms with E-state index in [4.69, 9.17) is 4.98 Å². The predicted molar refractivity (Wildman–Crippen MR) is 116 cm³/mol. The molecule has 1 aromatic carbocycles.